The van der Waals surface area contributed by atoms with Crippen LogP contribution in [0.25, 0.3) is 0 Å². The summed E-state index contributed by atoms with van der Waals surface area (Å²) in [6.07, 6.45) is 0. The van der Waals surface area contributed by atoms with Gasteiger partial charge in [0.05, 0.1) is 0 Å². The Labute approximate surface area is 137 Å². The molecule has 6 heteroatoms. The maximum absolute atomic E-state index is 5.66. The molecule has 111 valence electrons. The zero-order valence-electron chi connectivity index (χ0n) is 10.7. The third kappa shape index (κ3) is 6.92. The van der Waals surface area contributed by atoms with E-state index in [4.69, 9.17) is 34.8 Å². The predicted octanol–water partition coefficient (Wildman–Crippen LogP) is 4.85. The van der Waals surface area contributed by atoms with E-state index in [0.29, 0.717) is 6.54 Å². The summed E-state index contributed by atoms with van der Waals surface area (Å²) in [6, 6.07) is 20.6. The minimum atomic E-state index is -1.75. The Kier molecular flexibility index (Phi) is 9.25. The number of para-hydroxylation sites is 2. The molecule has 0 aliphatic rings. The van der Waals surface area contributed by atoms with Crippen molar-refractivity contribution in [1.82, 2.24) is 0 Å². The molecule has 0 fully saturated rings. The van der Waals surface area contributed by atoms with Crippen molar-refractivity contribution in [2.24, 2.45) is 5.73 Å². The Hall–Kier alpha value is -0.307. The van der Waals surface area contributed by atoms with E-state index in [1.807, 2.05) is 36.4 Å². The van der Waals surface area contributed by atoms with Crippen LogP contribution in [0.2, 0.25) is 0 Å². The molecule has 0 aromatic heterocycles. The van der Waals surface area contributed by atoms with Gasteiger partial charge in [0.15, 0.2) is 0 Å². The summed E-state index contributed by atoms with van der Waals surface area (Å²) in [7, 11) is 14.8. The molecular formula is C14H16Cl3N2Ru. The van der Waals surface area contributed by atoms with Crippen LogP contribution in [0, 0.1) is 0 Å². The van der Waals surface area contributed by atoms with E-state index in [1.54, 1.807) is 0 Å². The van der Waals surface area contributed by atoms with Crippen molar-refractivity contribution in [1.29, 1.82) is 0 Å². The van der Waals surface area contributed by atoms with Gasteiger partial charge in [-0.3, -0.25) is 0 Å². The van der Waals surface area contributed by atoms with Crippen molar-refractivity contribution in [2.45, 2.75) is 0 Å². The van der Waals surface area contributed by atoms with Crippen molar-refractivity contribution in [3.63, 3.8) is 0 Å². The first-order valence-electron chi connectivity index (χ1n) is 5.89. The van der Waals surface area contributed by atoms with Gasteiger partial charge in [-0.1, -0.05) is 36.4 Å². The normalized spacial score (nSPS) is 10.3. The zero-order valence-corrected chi connectivity index (χ0v) is 14.7. The van der Waals surface area contributed by atoms with E-state index in [-0.39, 0.29) is 0 Å². The second kappa shape index (κ2) is 10.4. The first-order valence-corrected chi connectivity index (χ1v) is 12.6. The van der Waals surface area contributed by atoms with Gasteiger partial charge in [-0.15, -0.1) is 0 Å². The van der Waals surface area contributed by atoms with E-state index >= 15 is 0 Å². The second-order valence-corrected chi connectivity index (χ2v) is 11.7. The molecule has 2 aromatic rings. The van der Waals surface area contributed by atoms with Crippen molar-refractivity contribution in [3.05, 3.63) is 60.7 Å². The summed E-state index contributed by atoms with van der Waals surface area (Å²) >= 11 is -1.75. The SMILES string of the molecule is NCCN(c1ccccc1)c1ccccc1.[Cl][Ru]([Cl])[Cl]. The fourth-order valence-corrected chi connectivity index (χ4v) is 1.75. The van der Waals surface area contributed by atoms with Gasteiger partial charge in [0.1, 0.15) is 0 Å². The Morgan fingerprint density at radius 2 is 1.15 bits per heavy atom. The molecule has 2 nitrogen and oxygen atoms in total. The number of benzene rings is 2. The van der Waals surface area contributed by atoms with E-state index < -0.39 is 13.0 Å². The predicted molar refractivity (Wildman–Crippen MR) is 86.5 cm³/mol. The van der Waals surface area contributed by atoms with Gasteiger partial charge in [-0.05, 0) is 24.3 Å². The first kappa shape index (κ1) is 17.7. The van der Waals surface area contributed by atoms with E-state index in [1.165, 1.54) is 11.4 Å². The van der Waals surface area contributed by atoms with E-state index in [0.717, 1.165) is 6.54 Å². The topological polar surface area (TPSA) is 29.3 Å². The third-order valence-electron chi connectivity index (χ3n) is 2.49. The summed E-state index contributed by atoms with van der Waals surface area (Å²) in [5.74, 6) is 0. The summed E-state index contributed by atoms with van der Waals surface area (Å²) < 4.78 is 0. The number of rotatable bonds is 4. The Morgan fingerprint density at radius 1 is 0.800 bits per heavy atom. The molecule has 0 heterocycles. The molecule has 0 atom stereocenters. The number of hydrogen-bond acceptors (Lipinski definition) is 2. The van der Waals surface area contributed by atoms with Crippen LogP contribution in [0.1, 0.15) is 0 Å². The van der Waals surface area contributed by atoms with Crippen molar-refractivity contribution in [2.75, 3.05) is 18.0 Å². The van der Waals surface area contributed by atoms with Gasteiger partial charge in [-0.2, -0.15) is 0 Å². The number of nitrogens with two attached hydrogens (primary N) is 1. The summed E-state index contributed by atoms with van der Waals surface area (Å²) in [6.45, 7) is 1.47. The molecule has 0 spiro atoms. The van der Waals surface area contributed by atoms with Crippen LogP contribution in [0.15, 0.2) is 60.7 Å². The molecule has 0 saturated heterocycles. The van der Waals surface area contributed by atoms with Crippen LogP contribution < -0.4 is 10.6 Å². The van der Waals surface area contributed by atoms with Crippen LogP contribution in [-0.4, -0.2) is 13.1 Å². The first-order chi connectivity index (χ1) is 9.65. The summed E-state index contributed by atoms with van der Waals surface area (Å²) in [4.78, 5) is 2.22. The van der Waals surface area contributed by atoms with Crippen LogP contribution in [-0.2, 0) is 13.0 Å². The van der Waals surface area contributed by atoms with Gasteiger partial charge < -0.3 is 10.6 Å². The van der Waals surface area contributed by atoms with Gasteiger partial charge in [-0.25, -0.2) is 0 Å². The maximum atomic E-state index is 5.66. The molecular weight excluding hydrogens is 404 g/mol. The summed E-state index contributed by atoms with van der Waals surface area (Å²) in [5.41, 5.74) is 8.02. The molecule has 0 saturated carbocycles. The molecule has 2 rings (SSSR count). The van der Waals surface area contributed by atoms with Crippen LogP contribution in [0.5, 0.6) is 0 Å². The molecule has 0 aliphatic carbocycles. The number of anilines is 2. The number of hydrogen-bond donors (Lipinski definition) is 1. The second-order valence-electron chi connectivity index (χ2n) is 3.76. The molecule has 2 aromatic carbocycles. The monoisotopic (exact) mass is 419 g/mol. The molecule has 0 aliphatic heterocycles. The molecule has 0 radical (unpaired) electrons. The fraction of sp³-hybridized carbons (Fsp3) is 0.143. The van der Waals surface area contributed by atoms with Gasteiger partial charge >= 0.3 is 42.1 Å². The minimum absolute atomic E-state index is 0.643. The van der Waals surface area contributed by atoms with Crippen molar-refractivity contribution >= 4 is 40.4 Å². The van der Waals surface area contributed by atoms with Crippen LogP contribution in [0.3, 0.4) is 0 Å². The van der Waals surface area contributed by atoms with Crippen molar-refractivity contribution < 1.29 is 13.0 Å². The van der Waals surface area contributed by atoms with Gasteiger partial charge in [0.25, 0.3) is 0 Å². The zero-order chi connectivity index (χ0) is 14.8. The van der Waals surface area contributed by atoms with E-state index in [2.05, 4.69) is 29.2 Å². The van der Waals surface area contributed by atoms with Crippen LogP contribution in [0.4, 0.5) is 11.4 Å². The molecule has 0 bridgehead atoms. The molecule has 0 amide bonds. The Morgan fingerprint density at radius 3 is 1.45 bits per heavy atom. The van der Waals surface area contributed by atoms with Crippen LogP contribution >= 0.6 is 29.1 Å². The quantitative estimate of drug-likeness (QED) is 0.718. The van der Waals surface area contributed by atoms with Gasteiger partial charge in [0, 0.05) is 24.5 Å². The average molecular weight is 420 g/mol. The number of halogens is 3. The summed E-state index contributed by atoms with van der Waals surface area (Å²) in [5, 5.41) is 0. The number of nitrogens with zero attached hydrogens (tertiary/aromatic N) is 1. The third-order valence-corrected chi connectivity index (χ3v) is 2.49. The molecule has 0 unspecified atom stereocenters. The van der Waals surface area contributed by atoms with Crippen molar-refractivity contribution in [3.8, 4) is 0 Å². The Balaban J connectivity index is 0.000000444. The van der Waals surface area contributed by atoms with E-state index in [9.17, 15) is 0 Å². The standard InChI is InChI=1S/C14H16N2.3ClH.Ru/c15-11-12-16(13-7-3-1-4-8-13)14-9-5-2-6-10-14;;;;/h1-10H,11-12,15H2;3*1H;/q;;;;+3/p-3. The Bertz CT molecular complexity index is 426. The molecule has 20 heavy (non-hydrogen) atoms. The molecule has 2 N–H and O–H groups in total. The fourth-order valence-electron chi connectivity index (χ4n) is 1.75. The van der Waals surface area contributed by atoms with Gasteiger partial charge in [0.2, 0.25) is 0 Å². The average Bonchev–Trinajstić information content (AvgIpc) is 2.46.